The Morgan fingerprint density at radius 1 is 0.895 bits per heavy atom. The van der Waals surface area contributed by atoms with Crippen LogP contribution in [-0.4, -0.2) is 0 Å². The lowest BCUT2D eigenvalue weighted by atomic mass is 9.73. The lowest BCUT2D eigenvalue weighted by molar-refractivity contribution is 0.204. The minimum absolute atomic E-state index is 0.791. The maximum atomic E-state index is 4.02. The van der Waals surface area contributed by atoms with Crippen LogP contribution in [0.2, 0.25) is 0 Å². The van der Waals surface area contributed by atoms with E-state index in [2.05, 4.69) is 19.6 Å². The van der Waals surface area contributed by atoms with E-state index in [1.54, 1.807) is 0 Å². The smallest absolute Gasteiger partial charge is 0.0210 e. The van der Waals surface area contributed by atoms with Crippen molar-refractivity contribution < 1.29 is 0 Å². The summed E-state index contributed by atoms with van der Waals surface area (Å²) in [4.78, 5) is 0. The van der Waals surface area contributed by atoms with Gasteiger partial charge >= 0.3 is 0 Å². The fourth-order valence-electron chi connectivity index (χ4n) is 4.54. The predicted molar refractivity (Wildman–Crippen MR) is 85.2 cm³/mol. The maximum Gasteiger partial charge on any atom is -0.0210 e. The largest absolute Gasteiger partial charge is 0.103 e. The minimum atomic E-state index is 0.791. The first kappa shape index (κ1) is 15.1. The Bertz CT molecular complexity index is 241. The van der Waals surface area contributed by atoms with Crippen molar-refractivity contribution in [2.45, 2.75) is 84.0 Å². The molecule has 2 saturated carbocycles. The van der Waals surface area contributed by atoms with Crippen LogP contribution in [0.1, 0.15) is 84.0 Å². The molecule has 0 saturated heterocycles. The highest BCUT2D eigenvalue weighted by Crippen LogP contribution is 2.38. The number of hydrogen-bond acceptors (Lipinski definition) is 0. The molecule has 0 aromatic carbocycles. The highest BCUT2D eigenvalue weighted by molar-refractivity contribution is 4.87. The molecule has 0 heteroatoms. The molecule has 0 nitrogen and oxygen atoms in total. The van der Waals surface area contributed by atoms with Crippen molar-refractivity contribution in [2.24, 2.45) is 23.7 Å². The molecule has 0 spiro atoms. The second-order valence-corrected chi connectivity index (χ2v) is 7.17. The Balaban J connectivity index is 1.64. The molecule has 0 aromatic heterocycles. The van der Waals surface area contributed by atoms with E-state index in [4.69, 9.17) is 0 Å². The van der Waals surface area contributed by atoms with Gasteiger partial charge in [-0.15, -0.1) is 6.58 Å². The number of hydrogen-bond donors (Lipinski definition) is 0. The molecule has 0 N–H and O–H groups in total. The fraction of sp³-hybridized carbons (Fsp3) is 0.895. The van der Waals surface area contributed by atoms with Crippen LogP contribution in [0.5, 0.6) is 0 Å². The lowest BCUT2D eigenvalue weighted by Crippen LogP contribution is -2.21. The fourth-order valence-corrected chi connectivity index (χ4v) is 4.54. The Morgan fingerprint density at radius 2 is 1.47 bits per heavy atom. The van der Waals surface area contributed by atoms with E-state index in [1.807, 2.05) is 0 Å². The molecule has 0 aliphatic heterocycles. The molecule has 0 amide bonds. The van der Waals surface area contributed by atoms with Gasteiger partial charge in [-0.25, -0.2) is 0 Å². The second kappa shape index (κ2) is 8.12. The maximum absolute atomic E-state index is 4.02. The third-order valence-electron chi connectivity index (χ3n) is 5.98. The van der Waals surface area contributed by atoms with Crippen molar-refractivity contribution in [1.29, 1.82) is 0 Å². The van der Waals surface area contributed by atoms with Gasteiger partial charge in [-0.2, -0.15) is 0 Å². The molecule has 2 aliphatic carbocycles. The Hall–Kier alpha value is -0.260. The summed E-state index contributed by atoms with van der Waals surface area (Å²) in [5.74, 6) is 3.89. The summed E-state index contributed by atoms with van der Waals surface area (Å²) in [6.07, 6.45) is 20.1. The van der Waals surface area contributed by atoms with Crippen molar-refractivity contribution in [3.63, 3.8) is 0 Å². The van der Waals surface area contributed by atoms with Crippen LogP contribution >= 0.6 is 0 Å². The van der Waals surface area contributed by atoms with Gasteiger partial charge in [-0.3, -0.25) is 0 Å². The van der Waals surface area contributed by atoms with Gasteiger partial charge < -0.3 is 0 Å². The van der Waals surface area contributed by atoms with E-state index < -0.39 is 0 Å². The zero-order valence-corrected chi connectivity index (χ0v) is 13.1. The quantitative estimate of drug-likeness (QED) is 0.488. The highest BCUT2D eigenvalue weighted by Gasteiger charge is 2.25. The van der Waals surface area contributed by atoms with Crippen molar-refractivity contribution in [3.8, 4) is 0 Å². The first-order chi connectivity index (χ1) is 9.33. The third kappa shape index (κ3) is 4.65. The summed E-state index contributed by atoms with van der Waals surface area (Å²) in [6.45, 7) is 6.34. The van der Waals surface area contributed by atoms with Crippen LogP contribution in [0.4, 0.5) is 0 Å². The average molecular weight is 262 g/mol. The SMILES string of the molecule is C=CC(CC)C1CCC(CCC2CCCCC2)CC1. The Labute approximate surface area is 121 Å². The summed E-state index contributed by atoms with van der Waals surface area (Å²) in [7, 11) is 0. The van der Waals surface area contributed by atoms with Crippen molar-refractivity contribution in [1.82, 2.24) is 0 Å². The molecule has 2 rings (SSSR count). The van der Waals surface area contributed by atoms with E-state index in [1.165, 1.54) is 77.0 Å². The molecular formula is C19H34. The average Bonchev–Trinajstić information content (AvgIpc) is 2.49. The third-order valence-corrected chi connectivity index (χ3v) is 5.98. The van der Waals surface area contributed by atoms with Gasteiger partial charge in [0.05, 0.1) is 0 Å². The Morgan fingerprint density at radius 3 is 2.00 bits per heavy atom. The topological polar surface area (TPSA) is 0 Å². The monoisotopic (exact) mass is 262 g/mol. The van der Waals surface area contributed by atoms with E-state index in [0.29, 0.717) is 0 Å². The zero-order chi connectivity index (χ0) is 13.5. The molecule has 1 atom stereocenters. The second-order valence-electron chi connectivity index (χ2n) is 7.17. The molecule has 19 heavy (non-hydrogen) atoms. The van der Waals surface area contributed by atoms with Crippen LogP contribution in [-0.2, 0) is 0 Å². The standard InChI is InChI=1S/C19H34/c1-3-18(4-2)19-14-12-17(13-15-19)11-10-16-8-6-5-7-9-16/h3,16-19H,1,4-15H2,2H3. The summed E-state index contributed by atoms with van der Waals surface area (Å²) >= 11 is 0. The summed E-state index contributed by atoms with van der Waals surface area (Å²) in [5.41, 5.74) is 0. The van der Waals surface area contributed by atoms with E-state index in [-0.39, 0.29) is 0 Å². The lowest BCUT2D eigenvalue weighted by Gasteiger charge is -2.33. The van der Waals surface area contributed by atoms with Crippen LogP contribution in [0.15, 0.2) is 12.7 Å². The predicted octanol–water partition coefficient (Wildman–Crippen LogP) is 6.37. The van der Waals surface area contributed by atoms with Gasteiger partial charge in [-0.05, 0) is 42.9 Å². The molecule has 2 fully saturated rings. The first-order valence-corrected chi connectivity index (χ1v) is 8.96. The van der Waals surface area contributed by atoms with Crippen LogP contribution in [0, 0.1) is 23.7 Å². The van der Waals surface area contributed by atoms with Gasteiger partial charge in [0.1, 0.15) is 0 Å². The number of allylic oxidation sites excluding steroid dienone is 1. The van der Waals surface area contributed by atoms with Crippen molar-refractivity contribution in [3.05, 3.63) is 12.7 Å². The molecule has 0 heterocycles. The van der Waals surface area contributed by atoms with Crippen LogP contribution in [0.25, 0.3) is 0 Å². The normalized spacial score (nSPS) is 31.0. The van der Waals surface area contributed by atoms with Gasteiger partial charge in [0, 0.05) is 0 Å². The highest BCUT2D eigenvalue weighted by atomic mass is 14.3. The molecule has 0 aromatic rings. The van der Waals surface area contributed by atoms with E-state index in [9.17, 15) is 0 Å². The number of rotatable bonds is 6. The first-order valence-electron chi connectivity index (χ1n) is 8.96. The summed E-state index contributed by atoms with van der Waals surface area (Å²) in [6, 6.07) is 0. The van der Waals surface area contributed by atoms with Gasteiger partial charge in [0.15, 0.2) is 0 Å². The Kier molecular flexibility index (Phi) is 6.47. The molecule has 1 unspecified atom stereocenters. The van der Waals surface area contributed by atoms with Gasteiger partial charge in [0.25, 0.3) is 0 Å². The van der Waals surface area contributed by atoms with Crippen molar-refractivity contribution in [2.75, 3.05) is 0 Å². The minimum Gasteiger partial charge on any atom is -0.103 e. The van der Waals surface area contributed by atoms with E-state index >= 15 is 0 Å². The molecular weight excluding hydrogens is 228 g/mol. The molecule has 0 radical (unpaired) electrons. The van der Waals surface area contributed by atoms with Gasteiger partial charge in [-0.1, -0.05) is 70.8 Å². The van der Waals surface area contributed by atoms with E-state index in [0.717, 1.165) is 23.7 Å². The summed E-state index contributed by atoms with van der Waals surface area (Å²) < 4.78 is 0. The molecule has 2 aliphatic rings. The van der Waals surface area contributed by atoms with Crippen LogP contribution < -0.4 is 0 Å². The molecule has 0 bridgehead atoms. The zero-order valence-electron chi connectivity index (χ0n) is 13.1. The van der Waals surface area contributed by atoms with Crippen molar-refractivity contribution >= 4 is 0 Å². The van der Waals surface area contributed by atoms with Gasteiger partial charge in [0.2, 0.25) is 0 Å². The van der Waals surface area contributed by atoms with Crippen LogP contribution in [0.3, 0.4) is 0 Å². The molecule has 110 valence electrons. The summed E-state index contributed by atoms with van der Waals surface area (Å²) in [5, 5.41) is 0.